The molecule has 1 saturated carbocycles. The van der Waals surface area contributed by atoms with Crippen molar-refractivity contribution in [1.29, 1.82) is 0 Å². The van der Waals surface area contributed by atoms with Crippen LogP contribution < -0.4 is 5.69 Å². The summed E-state index contributed by atoms with van der Waals surface area (Å²) in [5, 5.41) is 0. The summed E-state index contributed by atoms with van der Waals surface area (Å²) in [6, 6.07) is 3.64. The highest BCUT2D eigenvalue weighted by Gasteiger charge is 2.32. The van der Waals surface area contributed by atoms with Crippen LogP contribution in [0.25, 0.3) is 11.2 Å². The van der Waals surface area contributed by atoms with Crippen LogP contribution in [-0.4, -0.2) is 45.7 Å². The summed E-state index contributed by atoms with van der Waals surface area (Å²) in [4.78, 5) is 17.5. The molecule has 0 spiro atoms. The van der Waals surface area contributed by atoms with Crippen LogP contribution in [0.4, 0.5) is 0 Å². The highest BCUT2D eigenvalue weighted by Crippen LogP contribution is 2.32. The lowest BCUT2D eigenvalue weighted by molar-refractivity contribution is 0.265. The van der Waals surface area contributed by atoms with Crippen molar-refractivity contribution < 1.29 is 8.42 Å². The van der Waals surface area contributed by atoms with Gasteiger partial charge in [0.2, 0.25) is 10.0 Å². The first kappa shape index (κ1) is 16.8. The van der Waals surface area contributed by atoms with E-state index in [9.17, 15) is 13.2 Å². The van der Waals surface area contributed by atoms with Crippen molar-refractivity contribution in [2.24, 2.45) is 5.92 Å². The molecule has 0 bridgehead atoms. The maximum Gasteiger partial charge on any atom is 0.330 e. The number of pyridine rings is 1. The molecule has 1 aliphatic heterocycles. The number of fused-ring (bicyclic) bond motifs is 1. The van der Waals surface area contributed by atoms with Crippen molar-refractivity contribution in [3.05, 3.63) is 28.8 Å². The summed E-state index contributed by atoms with van der Waals surface area (Å²) in [7, 11) is -3.24. The third kappa shape index (κ3) is 3.01. The van der Waals surface area contributed by atoms with Crippen molar-refractivity contribution in [2.45, 2.75) is 45.2 Å². The highest BCUT2D eigenvalue weighted by molar-refractivity contribution is 7.89. The molecule has 0 unspecified atom stereocenters. The van der Waals surface area contributed by atoms with E-state index in [1.807, 2.05) is 16.7 Å². The Kier molecular flexibility index (Phi) is 4.19. The minimum absolute atomic E-state index is 0.0543. The van der Waals surface area contributed by atoms with E-state index in [-0.39, 0.29) is 17.5 Å². The predicted molar refractivity (Wildman–Crippen MR) is 96.0 cm³/mol. The second kappa shape index (κ2) is 6.25. The third-order valence-electron chi connectivity index (χ3n) is 5.34. The SMILES string of the molecule is CCS(=O)(=O)N1CCC[C@H](n2c(=O)n(CC3CC3)c3cccnc32)C1. The van der Waals surface area contributed by atoms with Gasteiger partial charge in [-0.1, -0.05) is 0 Å². The number of piperidine rings is 1. The Morgan fingerprint density at radius 3 is 2.80 bits per heavy atom. The van der Waals surface area contributed by atoms with Gasteiger partial charge in [-0.25, -0.2) is 18.2 Å². The average Bonchev–Trinajstić information content (AvgIpc) is 3.40. The number of hydrogen-bond donors (Lipinski definition) is 0. The standard InChI is InChI=1S/C17H24N4O3S/c1-2-25(23,24)19-10-4-5-14(12-19)21-16-15(6-3-9-18-16)20(17(21)22)11-13-7-8-13/h3,6,9,13-14H,2,4-5,7-8,10-12H2,1H3/t14-/m0/s1. The smallest absolute Gasteiger partial charge is 0.290 e. The van der Waals surface area contributed by atoms with Crippen LogP contribution in [0.5, 0.6) is 0 Å². The molecule has 1 aliphatic carbocycles. The summed E-state index contributed by atoms with van der Waals surface area (Å²) < 4.78 is 29.6. The molecule has 7 nitrogen and oxygen atoms in total. The van der Waals surface area contributed by atoms with Gasteiger partial charge >= 0.3 is 5.69 Å². The fourth-order valence-electron chi connectivity index (χ4n) is 3.74. The number of sulfonamides is 1. The van der Waals surface area contributed by atoms with Gasteiger partial charge in [0.15, 0.2) is 5.65 Å². The van der Waals surface area contributed by atoms with Crippen LogP contribution in [0.15, 0.2) is 23.1 Å². The Labute approximate surface area is 147 Å². The summed E-state index contributed by atoms with van der Waals surface area (Å²) in [5.41, 5.74) is 1.48. The molecule has 0 amide bonds. The minimum atomic E-state index is -3.24. The van der Waals surface area contributed by atoms with Gasteiger partial charge in [0, 0.05) is 25.8 Å². The molecular weight excluding hydrogens is 340 g/mol. The van der Waals surface area contributed by atoms with Gasteiger partial charge < -0.3 is 0 Å². The number of imidazole rings is 1. The van der Waals surface area contributed by atoms with Gasteiger partial charge in [0.1, 0.15) is 0 Å². The molecule has 136 valence electrons. The van der Waals surface area contributed by atoms with Crippen LogP contribution >= 0.6 is 0 Å². The second-order valence-electron chi connectivity index (χ2n) is 7.11. The first-order valence-corrected chi connectivity index (χ1v) is 10.7. The fraction of sp³-hybridized carbons (Fsp3) is 0.647. The van der Waals surface area contributed by atoms with Gasteiger partial charge in [-0.05, 0) is 50.7 Å². The maximum atomic E-state index is 13.1. The zero-order valence-electron chi connectivity index (χ0n) is 14.5. The van der Waals surface area contributed by atoms with E-state index < -0.39 is 10.0 Å². The molecule has 2 aromatic rings. The molecule has 0 N–H and O–H groups in total. The van der Waals surface area contributed by atoms with Crippen molar-refractivity contribution in [1.82, 2.24) is 18.4 Å². The van der Waals surface area contributed by atoms with Crippen LogP contribution in [0.2, 0.25) is 0 Å². The zero-order chi connectivity index (χ0) is 17.6. The summed E-state index contributed by atoms with van der Waals surface area (Å²) >= 11 is 0. The lowest BCUT2D eigenvalue weighted by Crippen LogP contribution is -2.43. The quantitative estimate of drug-likeness (QED) is 0.807. The monoisotopic (exact) mass is 364 g/mol. The Morgan fingerprint density at radius 1 is 1.28 bits per heavy atom. The molecule has 2 aliphatic rings. The Morgan fingerprint density at radius 2 is 2.08 bits per heavy atom. The topological polar surface area (TPSA) is 77.2 Å². The van der Waals surface area contributed by atoms with Gasteiger partial charge in [-0.3, -0.25) is 9.13 Å². The first-order valence-electron chi connectivity index (χ1n) is 9.05. The normalized spacial score (nSPS) is 22.5. The van der Waals surface area contributed by atoms with Crippen LogP contribution in [0.3, 0.4) is 0 Å². The molecule has 1 saturated heterocycles. The second-order valence-corrected chi connectivity index (χ2v) is 9.36. The van der Waals surface area contributed by atoms with E-state index in [1.54, 1.807) is 17.7 Å². The summed E-state index contributed by atoms with van der Waals surface area (Å²) in [6.07, 6.45) is 5.60. The van der Waals surface area contributed by atoms with Gasteiger partial charge in [0.25, 0.3) is 0 Å². The molecule has 8 heteroatoms. The Balaban J connectivity index is 1.76. The molecule has 2 fully saturated rings. The molecular formula is C17H24N4O3S. The molecule has 4 rings (SSSR count). The molecule has 1 atom stereocenters. The minimum Gasteiger partial charge on any atom is -0.290 e. The van der Waals surface area contributed by atoms with E-state index in [0.717, 1.165) is 24.9 Å². The van der Waals surface area contributed by atoms with Crippen molar-refractivity contribution >= 4 is 21.2 Å². The molecule has 0 aromatic carbocycles. The van der Waals surface area contributed by atoms with Crippen LogP contribution in [0.1, 0.15) is 38.6 Å². The van der Waals surface area contributed by atoms with E-state index >= 15 is 0 Å². The predicted octanol–water partition coefficient (Wildman–Crippen LogP) is 1.59. The number of nitrogens with zero attached hydrogens (tertiary/aromatic N) is 4. The lowest BCUT2D eigenvalue weighted by Gasteiger charge is -2.32. The number of hydrogen-bond acceptors (Lipinski definition) is 4. The van der Waals surface area contributed by atoms with Crippen LogP contribution in [0, 0.1) is 5.92 Å². The largest absolute Gasteiger partial charge is 0.330 e. The molecule has 3 heterocycles. The van der Waals surface area contributed by atoms with Crippen molar-refractivity contribution in [3.63, 3.8) is 0 Å². The number of aromatic nitrogens is 3. The molecule has 0 radical (unpaired) electrons. The summed E-state index contributed by atoms with van der Waals surface area (Å²) in [5.74, 6) is 0.677. The number of rotatable bonds is 5. The van der Waals surface area contributed by atoms with E-state index in [1.165, 1.54) is 17.1 Å². The van der Waals surface area contributed by atoms with Gasteiger partial charge in [0.05, 0.1) is 17.3 Å². The third-order valence-corrected chi connectivity index (χ3v) is 7.19. The molecule has 2 aromatic heterocycles. The fourth-order valence-corrected chi connectivity index (χ4v) is 4.91. The van der Waals surface area contributed by atoms with Gasteiger partial charge in [-0.2, -0.15) is 4.31 Å². The maximum absolute atomic E-state index is 13.1. The van der Waals surface area contributed by atoms with Crippen LogP contribution in [-0.2, 0) is 16.6 Å². The Bertz CT molecular complexity index is 942. The average molecular weight is 364 g/mol. The summed E-state index contributed by atoms with van der Waals surface area (Å²) in [6.45, 7) is 3.29. The van der Waals surface area contributed by atoms with Crippen molar-refractivity contribution in [2.75, 3.05) is 18.8 Å². The lowest BCUT2D eigenvalue weighted by atomic mass is 10.1. The molecule has 25 heavy (non-hydrogen) atoms. The first-order chi connectivity index (χ1) is 12.0. The Hall–Kier alpha value is -1.67. The zero-order valence-corrected chi connectivity index (χ0v) is 15.3. The van der Waals surface area contributed by atoms with E-state index in [4.69, 9.17) is 0 Å². The van der Waals surface area contributed by atoms with Gasteiger partial charge in [-0.15, -0.1) is 0 Å². The van der Waals surface area contributed by atoms with E-state index in [0.29, 0.717) is 24.7 Å². The van der Waals surface area contributed by atoms with E-state index in [2.05, 4.69) is 4.98 Å². The highest BCUT2D eigenvalue weighted by atomic mass is 32.2. The van der Waals surface area contributed by atoms with Crippen molar-refractivity contribution in [3.8, 4) is 0 Å².